The van der Waals surface area contributed by atoms with E-state index in [0.717, 1.165) is 13.1 Å². The first kappa shape index (κ1) is 16.9. The molecule has 122 valence electrons. The second kappa shape index (κ2) is 7.21. The van der Waals surface area contributed by atoms with Gasteiger partial charge in [0.25, 0.3) is 5.91 Å². The Morgan fingerprint density at radius 1 is 1.14 bits per heavy atom. The molecule has 1 aromatic carbocycles. The van der Waals surface area contributed by atoms with Crippen LogP contribution in [0.1, 0.15) is 17.3 Å². The summed E-state index contributed by atoms with van der Waals surface area (Å²) in [6, 6.07) is 6.14. The van der Waals surface area contributed by atoms with Crippen LogP contribution < -0.4 is 0 Å². The van der Waals surface area contributed by atoms with E-state index in [-0.39, 0.29) is 23.2 Å². The predicted octanol–water partition coefficient (Wildman–Crippen LogP) is 0.230. The van der Waals surface area contributed by atoms with E-state index in [1.54, 1.807) is 24.0 Å². The van der Waals surface area contributed by atoms with Crippen molar-refractivity contribution in [1.82, 2.24) is 9.80 Å². The van der Waals surface area contributed by atoms with E-state index in [0.29, 0.717) is 25.2 Å². The number of carbonyl (C=O) groups is 1. The lowest BCUT2D eigenvalue weighted by molar-refractivity contribution is 0.0615. The maximum Gasteiger partial charge on any atom is 0.253 e. The standard InChI is InChI=1S/C15H22N2O4S/c1-2-22(20,21)14-5-3-13(4-6-14)15(19)17-9-7-16(8-10-17)11-12-18/h3-6,18H,2,7-12H2,1H3. The van der Waals surface area contributed by atoms with Gasteiger partial charge in [0.2, 0.25) is 0 Å². The fourth-order valence-corrected chi connectivity index (χ4v) is 3.35. The molecular formula is C15H22N2O4S. The minimum Gasteiger partial charge on any atom is -0.395 e. The summed E-state index contributed by atoms with van der Waals surface area (Å²) in [6.07, 6.45) is 0. The second-order valence-electron chi connectivity index (χ2n) is 5.29. The molecule has 6 nitrogen and oxygen atoms in total. The van der Waals surface area contributed by atoms with E-state index in [1.807, 2.05) is 0 Å². The highest BCUT2D eigenvalue weighted by Gasteiger charge is 2.22. The van der Waals surface area contributed by atoms with E-state index in [4.69, 9.17) is 5.11 Å². The summed E-state index contributed by atoms with van der Waals surface area (Å²) in [6.45, 7) is 5.08. The quantitative estimate of drug-likeness (QED) is 0.838. The largest absolute Gasteiger partial charge is 0.395 e. The molecule has 1 heterocycles. The summed E-state index contributed by atoms with van der Waals surface area (Å²) < 4.78 is 23.5. The lowest BCUT2D eigenvalue weighted by Gasteiger charge is -2.34. The maximum absolute atomic E-state index is 12.4. The lowest BCUT2D eigenvalue weighted by Crippen LogP contribution is -2.49. The van der Waals surface area contributed by atoms with E-state index in [1.165, 1.54) is 12.1 Å². The number of hydrogen-bond acceptors (Lipinski definition) is 5. The van der Waals surface area contributed by atoms with Gasteiger partial charge in [-0.25, -0.2) is 8.42 Å². The average molecular weight is 326 g/mol. The molecular weight excluding hydrogens is 304 g/mol. The molecule has 1 N–H and O–H groups in total. The summed E-state index contributed by atoms with van der Waals surface area (Å²) in [5.74, 6) is -0.0308. The number of sulfone groups is 1. The zero-order valence-corrected chi connectivity index (χ0v) is 13.6. The zero-order chi connectivity index (χ0) is 16.2. The lowest BCUT2D eigenvalue weighted by atomic mass is 10.2. The topological polar surface area (TPSA) is 77.9 Å². The van der Waals surface area contributed by atoms with Crippen LogP contribution in [-0.4, -0.2) is 74.3 Å². The first-order valence-corrected chi connectivity index (χ1v) is 9.08. The third kappa shape index (κ3) is 3.85. The van der Waals surface area contributed by atoms with E-state index >= 15 is 0 Å². The third-order valence-corrected chi connectivity index (χ3v) is 5.67. The molecule has 0 aromatic heterocycles. The molecule has 0 bridgehead atoms. The second-order valence-corrected chi connectivity index (χ2v) is 7.56. The Labute approximate surface area is 131 Å². The number of β-amino-alcohol motifs (C(OH)–C–C–N with tert-alkyl or cyclic N) is 1. The highest BCUT2D eigenvalue weighted by molar-refractivity contribution is 7.91. The van der Waals surface area contributed by atoms with Gasteiger partial charge in [-0.2, -0.15) is 0 Å². The van der Waals surface area contributed by atoms with Crippen molar-refractivity contribution in [3.63, 3.8) is 0 Å². The Balaban J connectivity index is 2.02. The van der Waals surface area contributed by atoms with Crippen molar-refractivity contribution in [1.29, 1.82) is 0 Å². The van der Waals surface area contributed by atoms with Crippen molar-refractivity contribution < 1.29 is 18.3 Å². The molecule has 7 heteroatoms. The molecule has 0 atom stereocenters. The molecule has 0 unspecified atom stereocenters. The Bertz CT molecular complexity index is 605. The van der Waals surface area contributed by atoms with E-state index < -0.39 is 9.84 Å². The number of aliphatic hydroxyl groups is 1. The number of rotatable bonds is 5. The van der Waals surface area contributed by atoms with Crippen LogP contribution in [0.3, 0.4) is 0 Å². The van der Waals surface area contributed by atoms with E-state index in [2.05, 4.69) is 4.90 Å². The minimum atomic E-state index is -3.23. The van der Waals surface area contributed by atoms with Crippen molar-refractivity contribution >= 4 is 15.7 Å². The van der Waals surface area contributed by atoms with Crippen molar-refractivity contribution in [3.05, 3.63) is 29.8 Å². The van der Waals surface area contributed by atoms with Gasteiger partial charge in [-0.05, 0) is 24.3 Å². The van der Waals surface area contributed by atoms with Crippen LogP contribution in [0.5, 0.6) is 0 Å². The average Bonchev–Trinajstić information content (AvgIpc) is 2.55. The molecule has 1 fully saturated rings. The van der Waals surface area contributed by atoms with Gasteiger partial charge >= 0.3 is 0 Å². The minimum absolute atomic E-state index is 0.0487. The zero-order valence-electron chi connectivity index (χ0n) is 12.7. The van der Waals surface area contributed by atoms with Gasteiger partial charge in [0, 0.05) is 38.3 Å². The SMILES string of the molecule is CCS(=O)(=O)c1ccc(C(=O)N2CCN(CCO)CC2)cc1. The molecule has 1 amide bonds. The van der Waals surface area contributed by atoms with Crippen molar-refractivity contribution in [2.75, 3.05) is 45.1 Å². The Hall–Kier alpha value is -1.44. The summed E-state index contributed by atoms with van der Waals surface area (Å²) in [7, 11) is -3.23. The van der Waals surface area contributed by atoms with Crippen LogP contribution in [0.2, 0.25) is 0 Å². The fraction of sp³-hybridized carbons (Fsp3) is 0.533. The number of aliphatic hydroxyl groups excluding tert-OH is 1. The maximum atomic E-state index is 12.4. The van der Waals surface area contributed by atoms with Crippen LogP contribution in [0, 0.1) is 0 Å². The molecule has 1 saturated heterocycles. The molecule has 1 aliphatic heterocycles. The molecule has 1 aromatic rings. The first-order chi connectivity index (χ1) is 10.5. The summed E-state index contributed by atoms with van der Waals surface area (Å²) in [5.41, 5.74) is 0.505. The van der Waals surface area contributed by atoms with Crippen LogP contribution in [0.4, 0.5) is 0 Å². The molecule has 1 aliphatic rings. The van der Waals surface area contributed by atoms with Gasteiger partial charge in [-0.3, -0.25) is 9.69 Å². The number of amides is 1. The van der Waals surface area contributed by atoms with Crippen molar-refractivity contribution in [2.45, 2.75) is 11.8 Å². The number of benzene rings is 1. The predicted molar refractivity (Wildman–Crippen MR) is 83.6 cm³/mol. The molecule has 0 saturated carbocycles. The summed E-state index contributed by atoms with van der Waals surface area (Å²) in [5, 5.41) is 8.91. The molecule has 0 spiro atoms. The van der Waals surface area contributed by atoms with Gasteiger partial charge in [0.15, 0.2) is 9.84 Å². The van der Waals surface area contributed by atoms with Crippen LogP contribution in [-0.2, 0) is 9.84 Å². The molecule has 2 rings (SSSR count). The van der Waals surface area contributed by atoms with Crippen LogP contribution in [0.25, 0.3) is 0 Å². The van der Waals surface area contributed by atoms with Gasteiger partial charge in [-0.1, -0.05) is 6.92 Å². The molecule has 22 heavy (non-hydrogen) atoms. The third-order valence-electron chi connectivity index (χ3n) is 3.92. The smallest absolute Gasteiger partial charge is 0.253 e. The van der Waals surface area contributed by atoms with Gasteiger partial charge in [-0.15, -0.1) is 0 Å². The normalized spacial score (nSPS) is 16.7. The highest BCUT2D eigenvalue weighted by atomic mass is 32.2. The molecule has 0 aliphatic carbocycles. The molecule has 0 radical (unpaired) electrons. The summed E-state index contributed by atoms with van der Waals surface area (Å²) in [4.78, 5) is 16.5. The van der Waals surface area contributed by atoms with Gasteiger partial charge < -0.3 is 10.0 Å². The summed E-state index contributed by atoms with van der Waals surface area (Å²) >= 11 is 0. The van der Waals surface area contributed by atoms with Crippen LogP contribution in [0.15, 0.2) is 29.2 Å². The highest BCUT2D eigenvalue weighted by Crippen LogP contribution is 2.14. The first-order valence-electron chi connectivity index (χ1n) is 7.43. The van der Waals surface area contributed by atoms with Crippen LogP contribution >= 0.6 is 0 Å². The number of carbonyl (C=O) groups excluding carboxylic acids is 1. The number of piperazine rings is 1. The Morgan fingerprint density at radius 3 is 2.23 bits per heavy atom. The van der Waals surface area contributed by atoms with E-state index in [9.17, 15) is 13.2 Å². The Kier molecular flexibility index (Phi) is 5.55. The number of nitrogens with zero attached hydrogens (tertiary/aromatic N) is 2. The Morgan fingerprint density at radius 2 is 1.73 bits per heavy atom. The van der Waals surface area contributed by atoms with Gasteiger partial charge in [0.1, 0.15) is 0 Å². The van der Waals surface area contributed by atoms with Crippen molar-refractivity contribution in [3.8, 4) is 0 Å². The van der Waals surface area contributed by atoms with Gasteiger partial charge in [0.05, 0.1) is 17.3 Å². The number of hydrogen-bond donors (Lipinski definition) is 1. The van der Waals surface area contributed by atoms with Crippen molar-refractivity contribution in [2.24, 2.45) is 0 Å². The fourth-order valence-electron chi connectivity index (χ4n) is 2.47. The monoisotopic (exact) mass is 326 g/mol.